The highest BCUT2D eigenvalue weighted by Crippen LogP contribution is 2.48. The molecule has 4 heterocycles. The molecule has 0 bridgehead atoms. The van der Waals surface area contributed by atoms with Gasteiger partial charge in [0.2, 0.25) is 0 Å². The molecule has 0 amide bonds. The summed E-state index contributed by atoms with van der Waals surface area (Å²) < 4.78 is 16.5. The van der Waals surface area contributed by atoms with Crippen LogP contribution in [0.4, 0.5) is 5.82 Å². The number of methoxy groups -OCH3 is 2. The zero-order valence-corrected chi connectivity index (χ0v) is 19.2. The maximum Gasteiger partial charge on any atom is 0.141 e. The fraction of sp³-hybridized carbons (Fsp3) is 0.391. The topological polar surface area (TPSA) is 56.7 Å². The summed E-state index contributed by atoms with van der Waals surface area (Å²) in [5.74, 6) is 1.87. The van der Waals surface area contributed by atoms with E-state index >= 15 is 0 Å². The Labute approximate surface area is 191 Å². The number of anilines is 1. The molecule has 2 fully saturated rings. The fourth-order valence-electron chi connectivity index (χ4n) is 4.52. The predicted molar refractivity (Wildman–Crippen MR) is 123 cm³/mol. The van der Waals surface area contributed by atoms with Crippen molar-refractivity contribution in [2.24, 2.45) is 5.41 Å². The Bertz CT molecular complexity index is 1140. The van der Waals surface area contributed by atoms with Gasteiger partial charge in [-0.2, -0.15) is 0 Å². The standard InChI is InChI=1S/C23H23Cl2N3O3/c1-13-6-15-14(9-26-13)7-16(19-20(24)17(29-2)8-18(30-3)21(19)25)27-22(15)28-10-23(11-28)4-5-31-12-23/h6-9H,4-5,10-12H2,1-3H3. The molecular weight excluding hydrogens is 437 g/mol. The summed E-state index contributed by atoms with van der Waals surface area (Å²) in [6.45, 7) is 5.47. The second-order valence-corrected chi connectivity index (χ2v) is 9.08. The van der Waals surface area contributed by atoms with Crippen LogP contribution in [0.3, 0.4) is 0 Å². The number of fused-ring (bicyclic) bond motifs is 1. The number of ether oxygens (including phenoxy) is 3. The molecule has 2 aromatic heterocycles. The van der Waals surface area contributed by atoms with Crippen LogP contribution in [-0.2, 0) is 4.74 Å². The van der Waals surface area contributed by atoms with E-state index in [1.54, 1.807) is 20.3 Å². The molecule has 2 aliphatic heterocycles. The van der Waals surface area contributed by atoms with E-state index in [1.807, 2.05) is 19.2 Å². The van der Waals surface area contributed by atoms with Gasteiger partial charge in [-0.1, -0.05) is 23.2 Å². The number of nitrogens with zero attached hydrogens (tertiary/aromatic N) is 3. The number of rotatable bonds is 4. The van der Waals surface area contributed by atoms with Crippen LogP contribution in [0.5, 0.6) is 11.5 Å². The third kappa shape index (κ3) is 3.37. The molecule has 5 rings (SSSR count). The van der Waals surface area contributed by atoms with Crippen molar-refractivity contribution in [3.05, 3.63) is 40.1 Å². The zero-order chi connectivity index (χ0) is 21.8. The van der Waals surface area contributed by atoms with E-state index < -0.39 is 0 Å². The fourth-order valence-corrected chi connectivity index (χ4v) is 5.22. The minimum absolute atomic E-state index is 0.237. The second-order valence-electron chi connectivity index (χ2n) is 8.32. The highest BCUT2D eigenvalue weighted by atomic mass is 35.5. The molecule has 6 nitrogen and oxygen atoms in total. The van der Waals surface area contributed by atoms with Gasteiger partial charge < -0.3 is 19.1 Å². The smallest absolute Gasteiger partial charge is 0.141 e. The number of benzene rings is 1. The molecule has 2 aliphatic rings. The Kier molecular flexibility index (Phi) is 5.12. The van der Waals surface area contributed by atoms with Gasteiger partial charge >= 0.3 is 0 Å². The average Bonchev–Trinajstić information content (AvgIpc) is 3.23. The molecule has 0 aliphatic carbocycles. The van der Waals surface area contributed by atoms with Crippen LogP contribution in [0, 0.1) is 12.3 Å². The number of pyridine rings is 2. The molecule has 1 aromatic carbocycles. The molecule has 31 heavy (non-hydrogen) atoms. The number of halogens is 2. The van der Waals surface area contributed by atoms with Gasteiger partial charge in [0, 0.05) is 59.4 Å². The summed E-state index contributed by atoms with van der Waals surface area (Å²) in [6, 6.07) is 5.72. The third-order valence-electron chi connectivity index (χ3n) is 6.20. The van der Waals surface area contributed by atoms with E-state index in [1.165, 1.54) is 0 Å². The first-order chi connectivity index (χ1) is 14.9. The van der Waals surface area contributed by atoms with Crippen LogP contribution in [0.1, 0.15) is 12.1 Å². The van der Waals surface area contributed by atoms with Crippen LogP contribution in [0.25, 0.3) is 22.0 Å². The second kappa shape index (κ2) is 7.69. The molecule has 1 spiro atoms. The minimum Gasteiger partial charge on any atom is -0.495 e. The highest BCUT2D eigenvalue weighted by Gasteiger charge is 2.46. The van der Waals surface area contributed by atoms with Crippen molar-refractivity contribution in [3.8, 4) is 22.8 Å². The Hall–Kier alpha value is -2.28. The lowest BCUT2D eigenvalue weighted by molar-refractivity contribution is 0.131. The Morgan fingerprint density at radius 2 is 1.77 bits per heavy atom. The monoisotopic (exact) mass is 459 g/mol. The Balaban J connectivity index is 1.69. The van der Waals surface area contributed by atoms with Crippen LogP contribution in [0.15, 0.2) is 24.4 Å². The average molecular weight is 460 g/mol. The summed E-state index contributed by atoms with van der Waals surface area (Å²) in [5.41, 5.74) is 2.43. The maximum atomic E-state index is 6.68. The summed E-state index contributed by atoms with van der Waals surface area (Å²) >= 11 is 13.4. The first-order valence-electron chi connectivity index (χ1n) is 10.2. The van der Waals surface area contributed by atoms with Crippen LogP contribution in [0.2, 0.25) is 10.0 Å². The van der Waals surface area contributed by atoms with Crippen molar-refractivity contribution in [1.82, 2.24) is 9.97 Å². The van der Waals surface area contributed by atoms with Crippen molar-refractivity contribution < 1.29 is 14.2 Å². The van der Waals surface area contributed by atoms with Gasteiger partial charge in [0.1, 0.15) is 17.3 Å². The normalized spacial score (nSPS) is 17.3. The van der Waals surface area contributed by atoms with Crippen LogP contribution < -0.4 is 14.4 Å². The lowest BCUT2D eigenvalue weighted by atomic mass is 9.79. The molecule has 0 radical (unpaired) electrons. The van der Waals surface area contributed by atoms with Crippen molar-refractivity contribution in [2.75, 3.05) is 45.4 Å². The quantitative estimate of drug-likeness (QED) is 0.537. The van der Waals surface area contributed by atoms with Gasteiger partial charge in [-0.05, 0) is 25.5 Å². The lowest BCUT2D eigenvalue weighted by Crippen LogP contribution is -2.57. The number of aryl methyl sites for hydroxylation is 1. The molecule has 0 saturated carbocycles. The van der Waals surface area contributed by atoms with Gasteiger partial charge in [-0.25, -0.2) is 4.98 Å². The maximum absolute atomic E-state index is 6.68. The summed E-state index contributed by atoms with van der Waals surface area (Å²) in [5, 5.41) is 2.83. The number of aromatic nitrogens is 2. The molecule has 0 atom stereocenters. The largest absolute Gasteiger partial charge is 0.495 e. The van der Waals surface area contributed by atoms with Crippen LogP contribution >= 0.6 is 23.2 Å². The van der Waals surface area contributed by atoms with E-state index in [0.29, 0.717) is 32.8 Å². The molecule has 162 valence electrons. The van der Waals surface area contributed by atoms with E-state index in [4.69, 9.17) is 42.4 Å². The molecule has 0 N–H and O–H groups in total. The number of hydrogen-bond donors (Lipinski definition) is 0. The van der Waals surface area contributed by atoms with Crippen molar-refractivity contribution in [1.29, 1.82) is 0 Å². The van der Waals surface area contributed by atoms with Crippen molar-refractivity contribution in [2.45, 2.75) is 13.3 Å². The first kappa shape index (κ1) is 20.6. The predicted octanol–water partition coefficient (Wildman–Crippen LogP) is 5.16. The minimum atomic E-state index is 0.237. The summed E-state index contributed by atoms with van der Waals surface area (Å²) in [7, 11) is 3.13. The van der Waals surface area contributed by atoms with Gasteiger partial charge in [-0.3, -0.25) is 4.98 Å². The van der Waals surface area contributed by atoms with E-state index in [0.717, 1.165) is 55.0 Å². The Morgan fingerprint density at radius 3 is 2.39 bits per heavy atom. The van der Waals surface area contributed by atoms with Gasteiger partial charge in [-0.15, -0.1) is 0 Å². The Morgan fingerprint density at radius 1 is 1.06 bits per heavy atom. The zero-order valence-electron chi connectivity index (χ0n) is 17.7. The summed E-state index contributed by atoms with van der Waals surface area (Å²) in [4.78, 5) is 11.8. The third-order valence-corrected chi connectivity index (χ3v) is 6.95. The van der Waals surface area contributed by atoms with E-state index in [9.17, 15) is 0 Å². The van der Waals surface area contributed by atoms with Crippen molar-refractivity contribution in [3.63, 3.8) is 0 Å². The SMILES string of the molecule is COc1cc(OC)c(Cl)c(-c2cc3cnc(C)cc3c(N3CC4(CCOC4)C3)n2)c1Cl. The molecule has 0 unspecified atom stereocenters. The molecule has 3 aromatic rings. The van der Waals surface area contributed by atoms with E-state index in [2.05, 4.69) is 16.0 Å². The van der Waals surface area contributed by atoms with Gasteiger partial charge in [0.15, 0.2) is 0 Å². The first-order valence-corrected chi connectivity index (χ1v) is 10.9. The van der Waals surface area contributed by atoms with Gasteiger partial charge in [0.25, 0.3) is 0 Å². The molecule has 8 heteroatoms. The van der Waals surface area contributed by atoms with Crippen LogP contribution in [-0.4, -0.2) is 50.5 Å². The molecular formula is C23H23Cl2N3O3. The number of hydrogen-bond acceptors (Lipinski definition) is 6. The van der Waals surface area contributed by atoms with Gasteiger partial charge in [0.05, 0.1) is 36.6 Å². The lowest BCUT2D eigenvalue weighted by Gasteiger charge is -2.48. The van der Waals surface area contributed by atoms with Crippen molar-refractivity contribution >= 4 is 39.8 Å². The molecule has 2 saturated heterocycles. The van der Waals surface area contributed by atoms with E-state index in [-0.39, 0.29) is 5.41 Å². The summed E-state index contributed by atoms with van der Waals surface area (Å²) in [6.07, 6.45) is 2.96. The highest BCUT2D eigenvalue weighted by molar-refractivity contribution is 6.41.